The highest BCUT2D eigenvalue weighted by Gasteiger charge is 2.10. The molecule has 0 saturated heterocycles. The number of methoxy groups -OCH3 is 1. The van der Waals surface area contributed by atoms with E-state index in [9.17, 15) is 0 Å². The molecule has 152 valence electrons. The molecule has 2 heterocycles. The van der Waals surface area contributed by atoms with E-state index in [1.54, 1.807) is 25.4 Å². The average Bonchev–Trinajstić information content (AvgIpc) is 2.72. The lowest BCUT2D eigenvalue weighted by molar-refractivity contribution is 0.405. The predicted molar refractivity (Wildman–Crippen MR) is 118 cm³/mol. The molecule has 3 aromatic rings. The van der Waals surface area contributed by atoms with Gasteiger partial charge in [0.2, 0.25) is 5.95 Å². The third-order valence-electron chi connectivity index (χ3n) is 4.14. The van der Waals surface area contributed by atoms with Crippen LogP contribution in [0.1, 0.15) is 6.42 Å². The number of nitrogens with one attached hydrogen (secondary N) is 2. The largest absolute Gasteiger partial charge is 0.495 e. The zero-order valence-corrected chi connectivity index (χ0v) is 17.6. The van der Waals surface area contributed by atoms with Gasteiger partial charge < -0.3 is 20.3 Å². The summed E-state index contributed by atoms with van der Waals surface area (Å²) in [6.45, 7) is 1.75. The topological polar surface area (TPSA) is 75.2 Å². The van der Waals surface area contributed by atoms with Crippen molar-refractivity contribution in [2.75, 3.05) is 44.9 Å². The van der Waals surface area contributed by atoms with E-state index in [1.807, 2.05) is 30.3 Å². The van der Waals surface area contributed by atoms with Gasteiger partial charge in [0.15, 0.2) is 0 Å². The molecule has 2 aromatic heterocycles. The van der Waals surface area contributed by atoms with Crippen molar-refractivity contribution >= 4 is 29.1 Å². The lowest BCUT2D eigenvalue weighted by atomic mass is 10.2. The molecule has 0 spiro atoms. The van der Waals surface area contributed by atoms with Gasteiger partial charge in [-0.25, -0.2) is 4.98 Å². The quantitative estimate of drug-likeness (QED) is 0.507. The first-order valence-corrected chi connectivity index (χ1v) is 9.72. The predicted octanol–water partition coefficient (Wildman–Crippen LogP) is 4.31. The number of benzene rings is 1. The summed E-state index contributed by atoms with van der Waals surface area (Å²) in [5.41, 5.74) is 2.22. The molecule has 29 heavy (non-hydrogen) atoms. The van der Waals surface area contributed by atoms with Crippen LogP contribution in [0.15, 0.2) is 48.7 Å². The molecule has 0 saturated carbocycles. The maximum absolute atomic E-state index is 6.15. The molecule has 0 atom stereocenters. The van der Waals surface area contributed by atoms with Gasteiger partial charge in [-0.05, 0) is 57.4 Å². The monoisotopic (exact) mass is 412 g/mol. The summed E-state index contributed by atoms with van der Waals surface area (Å²) in [6.07, 6.45) is 2.73. The smallest absolute Gasteiger partial charge is 0.225 e. The molecule has 0 bridgehead atoms. The van der Waals surface area contributed by atoms with Gasteiger partial charge in [0.1, 0.15) is 11.6 Å². The van der Waals surface area contributed by atoms with Gasteiger partial charge in [-0.1, -0.05) is 17.7 Å². The summed E-state index contributed by atoms with van der Waals surface area (Å²) in [4.78, 5) is 15.8. The first-order valence-electron chi connectivity index (χ1n) is 9.35. The van der Waals surface area contributed by atoms with Gasteiger partial charge in [0, 0.05) is 23.8 Å². The maximum Gasteiger partial charge on any atom is 0.225 e. The lowest BCUT2D eigenvalue weighted by Crippen LogP contribution is -2.17. The Morgan fingerprint density at radius 1 is 1.07 bits per heavy atom. The maximum atomic E-state index is 6.15. The first-order chi connectivity index (χ1) is 14.0. The van der Waals surface area contributed by atoms with E-state index in [1.165, 1.54) is 0 Å². The lowest BCUT2D eigenvalue weighted by Gasteiger charge is -2.14. The van der Waals surface area contributed by atoms with Gasteiger partial charge in [-0.15, -0.1) is 0 Å². The summed E-state index contributed by atoms with van der Waals surface area (Å²) in [5, 5.41) is 7.20. The van der Waals surface area contributed by atoms with Crippen LogP contribution in [0.2, 0.25) is 5.02 Å². The highest BCUT2D eigenvalue weighted by molar-refractivity contribution is 6.31. The van der Waals surface area contributed by atoms with Crippen molar-refractivity contribution in [3.63, 3.8) is 0 Å². The van der Waals surface area contributed by atoms with E-state index in [0.717, 1.165) is 36.6 Å². The van der Waals surface area contributed by atoms with E-state index in [4.69, 9.17) is 16.3 Å². The Labute approximate surface area is 176 Å². The molecule has 0 aliphatic heterocycles. The minimum absolute atomic E-state index is 0.537. The Kier molecular flexibility index (Phi) is 7.21. The number of rotatable bonds is 9. The minimum atomic E-state index is 0.537. The number of ether oxygens (including phenoxy) is 1. The van der Waals surface area contributed by atoms with Crippen molar-refractivity contribution in [1.29, 1.82) is 0 Å². The molecule has 0 aliphatic carbocycles. The Bertz CT molecular complexity index is 936. The van der Waals surface area contributed by atoms with Crippen LogP contribution < -0.4 is 15.4 Å². The van der Waals surface area contributed by atoms with E-state index in [-0.39, 0.29) is 0 Å². The van der Waals surface area contributed by atoms with Crippen molar-refractivity contribution in [2.24, 2.45) is 0 Å². The second-order valence-electron chi connectivity index (χ2n) is 6.73. The number of halogens is 1. The number of nitrogens with zero attached hydrogens (tertiary/aromatic N) is 4. The van der Waals surface area contributed by atoms with Crippen molar-refractivity contribution in [2.45, 2.75) is 6.42 Å². The number of hydrogen-bond acceptors (Lipinski definition) is 7. The molecule has 3 rings (SSSR count). The first kappa shape index (κ1) is 20.8. The van der Waals surface area contributed by atoms with Crippen LogP contribution in [0.4, 0.5) is 17.5 Å². The number of pyridine rings is 1. The minimum Gasteiger partial charge on any atom is -0.495 e. The summed E-state index contributed by atoms with van der Waals surface area (Å²) >= 11 is 6.15. The third kappa shape index (κ3) is 6.04. The molecule has 0 unspecified atom stereocenters. The van der Waals surface area contributed by atoms with E-state index in [0.29, 0.717) is 22.5 Å². The highest BCUT2D eigenvalue weighted by atomic mass is 35.5. The van der Waals surface area contributed by atoms with E-state index >= 15 is 0 Å². The molecule has 7 nitrogen and oxygen atoms in total. The van der Waals surface area contributed by atoms with Crippen LogP contribution in [0, 0.1) is 0 Å². The van der Waals surface area contributed by atoms with Crippen LogP contribution in [0.5, 0.6) is 5.75 Å². The highest BCUT2D eigenvalue weighted by Crippen LogP contribution is 2.31. The van der Waals surface area contributed by atoms with Crippen LogP contribution in [0.25, 0.3) is 11.4 Å². The number of anilines is 3. The third-order valence-corrected chi connectivity index (χ3v) is 4.38. The fraction of sp³-hybridized carbons (Fsp3) is 0.286. The molecule has 0 amide bonds. The standard InChI is InChI=1S/C21H25ClN6O/c1-28(2)12-6-11-24-21-26-17(16-7-4-5-10-23-16)14-20(27-21)25-18-13-15(22)8-9-19(18)29-3/h4-5,7-10,13-14H,6,11-12H2,1-3H3,(H2,24,25,26,27). The SMILES string of the molecule is COc1ccc(Cl)cc1Nc1cc(-c2ccccn2)nc(NCCCN(C)C)n1. The Hall–Kier alpha value is -2.90. The molecule has 8 heteroatoms. The van der Waals surface area contributed by atoms with Crippen LogP contribution >= 0.6 is 11.6 Å². The number of aromatic nitrogens is 3. The van der Waals surface area contributed by atoms with Gasteiger partial charge in [0.25, 0.3) is 0 Å². The summed E-state index contributed by atoms with van der Waals surface area (Å²) in [5.74, 6) is 1.83. The summed E-state index contributed by atoms with van der Waals surface area (Å²) < 4.78 is 5.42. The van der Waals surface area contributed by atoms with Crippen LogP contribution in [-0.2, 0) is 0 Å². The van der Waals surface area contributed by atoms with Gasteiger partial charge in [-0.3, -0.25) is 4.98 Å². The average molecular weight is 413 g/mol. The summed E-state index contributed by atoms with van der Waals surface area (Å²) in [6, 6.07) is 13.0. The fourth-order valence-electron chi connectivity index (χ4n) is 2.75. The molecule has 0 fully saturated rings. The van der Waals surface area contributed by atoms with Gasteiger partial charge in [-0.2, -0.15) is 4.98 Å². The molecular formula is C21H25ClN6O. The van der Waals surface area contributed by atoms with Crippen molar-refractivity contribution in [3.8, 4) is 17.1 Å². The van der Waals surface area contributed by atoms with Crippen molar-refractivity contribution < 1.29 is 4.74 Å². The fourth-order valence-corrected chi connectivity index (χ4v) is 2.92. The molecule has 2 N–H and O–H groups in total. The second-order valence-corrected chi connectivity index (χ2v) is 7.17. The second kappa shape index (κ2) is 10.0. The summed E-state index contributed by atoms with van der Waals surface area (Å²) in [7, 11) is 5.72. The zero-order chi connectivity index (χ0) is 20.6. The Morgan fingerprint density at radius 3 is 2.66 bits per heavy atom. The Balaban J connectivity index is 1.89. The number of hydrogen-bond donors (Lipinski definition) is 2. The van der Waals surface area contributed by atoms with Crippen LogP contribution in [-0.4, -0.2) is 54.1 Å². The van der Waals surface area contributed by atoms with Crippen molar-refractivity contribution in [3.05, 3.63) is 53.7 Å². The molecule has 0 aliphatic rings. The van der Waals surface area contributed by atoms with E-state index in [2.05, 4.69) is 44.6 Å². The zero-order valence-electron chi connectivity index (χ0n) is 16.8. The van der Waals surface area contributed by atoms with Crippen molar-refractivity contribution in [1.82, 2.24) is 19.9 Å². The molecule has 1 aromatic carbocycles. The van der Waals surface area contributed by atoms with Gasteiger partial charge >= 0.3 is 0 Å². The molecular weight excluding hydrogens is 388 g/mol. The van der Waals surface area contributed by atoms with Gasteiger partial charge in [0.05, 0.1) is 24.2 Å². The molecule has 0 radical (unpaired) electrons. The van der Waals surface area contributed by atoms with E-state index < -0.39 is 0 Å². The normalized spacial score (nSPS) is 10.8. The Morgan fingerprint density at radius 2 is 1.93 bits per heavy atom. The van der Waals surface area contributed by atoms with Crippen LogP contribution in [0.3, 0.4) is 0 Å².